The van der Waals surface area contributed by atoms with Crippen LogP contribution in [0.2, 0.25) is 0 Å². The maximum Gasteiger partial charge on any atom is 0.243 e. The zero-order valence-electron chi connectivity index (χ0n) is 35.5. The van der Waals surface area contributed by atoms with Crippen LogP contribution in [-0.4, -0.2) is 103 Å². The van der Waals surface area contributed by atoms with Crippen molar-refractivity contribution < 1.29 is 33.6 Å². The highest BCUT2D eigenvalue weighted by Gasteiger charge is 2.33. The number of nitrogens with zero attached hydrogens (tertiary/aromatic N) is 2. The summed E-state index contributed by atoms with van der Waals surface area (Å²) in [7, 11) is 0. The molecule has 0 aromatic rings. The number of hydrogen-bond donors (Lipinski definition) is 10. The molecule has 0 radical (unpaired) electrons. The molecule has 14 N–H and O–H groups in total. The van der Waals surface area contributed by atoms with E-state index in [-0.39, 0.29) is 87.2 Å². The first-order valence-electron chi connectivity index (χ1n) is 19.9. The largest absolute Gasteiger partial charge is 0.370 e. The number of nitrogens with one attached hydrogen (secondary N) is 6. The topological polar surface area (TPSA) is 320 Å². The Morgan fingerprint density at radius 1 is 0.474 bits per heavy atom. The SMILES string of the molecule is CC(=O)N[C@@H](CCCN=C(N)N)C(=O)N[C@@H](CC(C)C)C(=O)N[C@@H](CC(C)C)C(=O)N[C@@H](CC(C)C)C(=O)N[C@@H](CC(C)C)C(=O)N[C@H](C=O)CCCN=C(N)N. The van der Waals surface area contributed by atoms with Gasteiger partial charge in [-0.1, -0.05) is 55.4 Å². The number of aldehydes is 1. The molecule has 0 aliphatic carbocycles. The molecule has 326 valence electrons. The maximum absolute atomic E-state index is 13.9. The molecule has 19 nitrogen and oxygen atoms in total. The predicted molar refractivity (Wildman–Crippen MR) is 221 cm³/mol. The molecule has 0 saturated carbocycles. The van der Waals surface area contributed by atoms with E-state index in [4.69, 9.17) is 22.9 Å². The number of rotatable bonds is 28. The van der Waals surface area contributed by atoms with Crippen molar-refractivity contribution in [3.63, 3.8) is 0 Å². The van der Waals surface area contributed by atoms with Gasteiger partial charge in [-0.15, -0.1) is 0 Å². The van der Waals surface area contributed by atoms with Gasteiger partial charge in [0.2, 0.25) is 35.4 Å². The monoisotopic (exact) mass is 809 g/mol. The Morgan fingerprint density at radius 3 is 1.05 bits per heavy atom. The van der Waals surface area contributed by atoms with Crippen molar-refractivity contribution in [2.75, 3.05) is 13.1 Å². The van der Waals surface area contributed by atoms with Crippen molar-refractivity contribution in [3.05, 3.63) is 0 Å². The Kier molecular flexibility index (Phi) is 25.2. The van der Waals surface area contributed by atoms with Gasteiger partial charge in [0, 0.05) is 20.0 Å². The van der Waals surface area contributed by atoms with Gasteiger partial charge in [-0.2, -0.15) is 0 Å². The van der Waals surface area contributed by atoms with E-state index in [1.807, 2.05) is 55.4 Å². The first-order valence-corrected chi connectivity index (χ1v) is 19.9. The molecule has 57 heavy (non-hydrogen) atoms. The van der Waals surface area contributed by atoms with Crippen molar-refractivity contribution in [3.8, 4) is 0 Å². The summed E-state index contributed by atoms with van der Waals surface area (Å²) < 4.78 is 0. The maximum atomic E-state index is 13.9. The number of carbonyl (C=O) groups is 7. The van der Waals surface area contributed by atoms with Crippen LogP contribution in [0.25, 0.3) is 0 Å². The molecule has 0 heterocycles. The number of amides is 6. The minimum absolute atomic E-state index is 0.0149. The van der Waals surface area contributed by atoms with Gasteiger partial charge in [0.15, 0.2) is 11.9 Å². The molecule has 6 amide bonds. The lowest BCUT2D eigenvalue weighted by Gasteiger charge is -2.29. The van der Waals surface area contributed by atoms with E-state index in [2.05, 4.69) is 41.9 Å². The Balaban J connectivity index is 6.19. The normalized spacial score (nSPS) is 14.3. The average molecular weight is 809 g/mol. The minimum Gasteiger partial charge on any atom is -0.370 e. The highest BCUT2D eigenvalue weighted by atomic mass is 16.2. The first kappa shape index (κ1) is 52.0. The van der Waals surface area contributed by atoms with Crippen molar-refractivity contribution >= 4 is 53.6 Å². The molecule has 0 unspecified atom stereocenters. The Labute approximate surface area is 338 Å². The second-order valence-electron chi connectivity index (χ2n) is 16.2. The quantitative estimate of drug-likeness (QED) is 0.0206. The van der Waals surface area contributed by atoms with E-state index >= 15 is 0 Å². The Hall–Kier alpha value is -4.97. The molecule has 0 aliphatic heterocycles. The zero-order valence-corrected chi connectivity index (χ0v) is 35.5. The molecule has 0 bridgehead atoms. The molecule has 19 heteroatoms. The van der Waals surface area contributed by atoms with Crippen LogP contribution in [0.5, 0.6) is 0 Å². The number of aliphatic imine (C=N–C) groups is 2. The molecule has 0 rings (SSSR count). The third-order valence-electron chi connectivity index (χ3n) is 8.46. The summed E-state index contributed by atoms with van der Waals surface area (Å²) in [6.07, 6.45) is 2.83. The van der Waals surface area contributed by atoms with E-state index in [1.54, 1.807) is 0 Å². The van der Waals surface area contributed by atoms with Gasteiger partial charge < -0.3 is 59.6 Å². The zero-order chi connectivity index (χ0) is 43.8. The number of hydrogen-bond acceptors (Lipinski definition) is 9. The molecule has 0 aromatic carbocycles. The van der Waals surface area contributed by atoms with Crippen molar-refractivity contribution in [2.45, 2.75) is 150 Å². The summed E-state index contributed by atoms with van der Waals surface area (Å²) in [5, 5.41) is 16.4. The van der Waals surface area contributed by atoms with E-state index in [1.165, 1.54) is 6.92 Å². The molecule has 6 atom stereocenters. The third-order valence-corrected chi connectivity index (χ3v) is 8.46. The van der Waals surface area contributed by atoms with Gasteiger partial charge in [0.05, 0.1) is 6.04 Å². The fourth-order valence-electron chi connectivity index (χ4n) is 5.90. The first-order chi connectivity index (χ1) is 26.5. The van der Waals surface area contributed by atoms with Crippen LogP contribution in [-0.2, 0) is 33.6 Å². The van der Waals surface area contributed by atoms with E-state index in [0.717, 1.165) is 0 Å². The Bertz CT molecular complexity index is 1360. The Morgan fingerprint density at radius 2 is 0.772 bits per heavy atom. The van der Waals surface area contributed by atoms with Crippen LogP contribution in [0, 0.1) is 23.7 Å². The van der Waals surface area contributed by atoms with Crippen molar-refractivity contribution in [1.82, 2.24) is 31.9 Å². The van der Waals surface area contributed by atoms with Crippen LogP contribution in [0.1, 0.15) is 114 Å². The second-order valence-corrected chi connectivity index (χ2v) is 16.2. The number of carbonyl (C=O) groups excluding carboxylic acids is 7. The van der Waals surface area contributed by atoms with Gasteiger partial charge in [-0.25, -0.2) is 0 Å². The van der Waals surface area contributed by atoms with Gasteiger partial charge in [0.25, 0.3) is 0 Å². The molecule has 0 aliphatic rings. The van der Waals surface area contributed by atoms with Crippen LogP contribution in [0.15, 0.2) is 9.98 Å². The molecular formula is C38H72N12O7. The lowest BCUT2D eigenvalue weighted by molar-refractivity contribution is -0.136. The lowest BCUT2D eigenvalue weighted by Crippen LogP contribution is -2.60. The third kappa shape index (κ3) is 24.3. The molecule has 0 spiro atoms. The average Bonchev–Trinajstić information content (AvgIpc) is 3.08. The van der Waals surface area contributed by atoms with Crippen LogP contribution >= 0.6 is 0 Å². The van der Waals surface area contributed by atoms with Gasteiger partial charge in [-0.05, 0) is 75.0 Å². The predicted octanol–water partition coefficient (Wildman–Crippen LogP) is -0.594. The summed E-state index contributed by atoms with van der Waals surface area (Å²) in [5.41, 5.74) is 21.5. The molecule has 0 fully saturated rings. The molecule has 0 aromatic heterocycles. The summed E-state index contributed by atoms with van der Waals surface area (Å²) in [6.45, 7) is 16.8. The van der Waals surface area contributed by atoms with Crippen LogP contribution in [0.3, 0.4) is 0 Å². The van der Waals surface area contributed by atoms with E-state index < -0.39 is 71.7 Å². The standard InChI is InChI=1S/C38H72N12O7/c1-21(2)16-28(33(54)46-26(20-51)12-10-14-43-37(39)40)48-35(56)30(18-23(5)6)50-36(57)31(19-24(7)8)49-34(55)29(17-22(3)4)47-32(53)27(45-25(9)52)13-11-15-44-38(41)42/h20-24,26-31H,10-19H2,1-9H3,(H,45,52)(H,46,54)(H,47,53)(H,48,56)(H,49,55)(H,50,57)(H4,39,40,43)(H4,41,42,44)/t26-,27-,28-,29-,30-,31-/m0/s1. The summed E-state index contributed by atoms with van der Waals surface area (Å²) in [4.78, 5) is 99.9. The molecule has 0 saturated heterocycles. The smallest absolute Gasteiger partial charge is 0.243 e. The van der Waals surface area contributed by atoms with Crippen molar-refractivity contribution in [2.24, 2.45) is 56.6 Å². The number of nitrogens with two attached hydrogens (primary N) is 4. The van der Waals surface area contributed by atoms with Gasteiger partial charge in [0.1, 0.15) is 36.5 Å². The summed E-state index contributed by atoms with van der Waals surface area (Å²) in [6, 6.07) is -6.02. The van der Waals surface area contributed by atoms with E-state index in [0.29, 0.717) is 19.1 Å². The van der Waals surface area contributed by atoms with Crippen molar-refractivity contribution in [1.29, 1.82) is 0 Å². The number of guanidine groups is 2. The fraction of sp³-hybridized carbons (Fsp3) is 0.763. The molecular weight excluding hydrogens is 736 g/mol. The van der Waals surface area contributed by atoms with E-state index in [9.17, 15) is 33.6 Å². The van der Waals surface area contributed by atoms with Crippen LogP contribution in [0.4, 0.5) is 0 Å². The lowest BCUT2D eigenvalue weighted by atomic mass is 9.97. The summed E-state index contributed by atoms with van der Waals surface area (Å²) >= 11 is 0. The minimum atomic E-state index is -1.08. The van der Waals surface area contributed by atoms with Gasteiger partial charge in [-0.3, -0.25) is 38.8 Å². The fourth-order valence-corrected chi connectivity index (χ4v) is 5.90. The van der Waals surface area contributed by atoms with Gasteiger partial charge >= 0.3 is 0 Å². The second kappa shape index (κ2) is 27.6. The highest BCUT2D eigenvalue weighted by molar-refractivity contribution is 5.96. The summed E-state index contributed by atoms with van der Waals surface area (Å²) in [5.74, 6) is -3.75. The van der Waals surface area contributed by atoms with Crippen LogP contribution < -0.4 is 54.8 Å². The highest BCUT2D eigenvalue weighted by Crippen LogP contribution is 2.13.